The Morgan fingerprint density at radius 3 is 2.25 bits per heavy atom. The second kappa shape index (κ2) is 12.5. The molecule has 4 aromatic rings. The average molecular weight is 669 g/mol. The normalized spacial score (nSPS) is 24.3. The number of hydrogen-bond donors (Lipinski definition) is 0. The summed E-state index contributed by atoms with van der Waals surface area (Å²) in [7, 11) is -4.27. The van der Waals surface area contributed by atoms with Crippen LogP contribution >= 0.6 is 0 Å². The van der Waals surface area contributed by atoms with E-state index in [-0.39, 0.29) is 40.6 Å². The predicted molar refractivity (Wildman–Crippen MR) is 182 cm³/mol. The van der Waals surface area contributed by atoms with Crippen LogP contribution in [0.3, 0.4) is 0 Å². The first-order valence-electron chi connectivity index (χ1n) is 16.1. The molecule has 0 unspecified atom stereocenters. The standard InChI is InChI=1S/C38H40N2O7S/c1-6-27-30(7-2)38(36(43)47-37(3,4)5,35(42)39-33(24-46-34(27)39)25-16-10-8-11-17-25)22-29-28-20-14-15-21-31(28)40(32(29)23-41)48(44,45)26-18-12-9-13-19-26/h7-21,23,27,30,33-34H,2,6,22,24H2,1,3-5H3/t27-,30+,33+,34+,38+/m1/s1. The van der Waals surface area contributed by atoms with Gasteiger partial charge in [-0.3, -0.25) is 14.4 Å². The van der Waals surface area contributed by atoms with E-state index in [9.17, 15) is 18.0 Å². The molecule has 1 aromatic heterocycles. The molecule has 0 saturated carbocycles. The zero-order valence-electron chi connectivity index (χ0n) is 27.5. The highest BCUT2D eigenvalue weighted by molar-refractivity contribution is 7.90. The first kappa shape index (κ1) is 33.4. The van der Waals surface area contributed by atoms with Crippen LogP contribution in [-0.2, 0) is 35.5 Å². The third kappa shape index (κ3) is 5.27. The number of carbonyl (C=O) groups is 3. The largest absolute Gasteiger partial charge is 0.459 e. The van der Waals surface area contributed by atoms with Crippen molar-refractivity contribution in [3.05, 3.63) is 114 Å². The number of nitrogens with zero attached hydrogens (tertiary/aromatic N) is 2. The van der Waals surface area contributed by atoms with Gasteiger partial charge in [0.15, 0.2) is 11.7 Å². The molecule has 2 aliphatic heterocycles. The molecule has 0 spiro atoms. The Bertz CT molecular complexity index is 1980. The lowest BCUT2D eigenvalue weighted by molar-refractivity contribution is -0.194. The minimum Gasteiger partial charge on any atom is -0.459 e. The average Bonchev–Trinajstić information content (AvgIpc) is 3.66. The van der Waals surface area contributed by atoms with Gasteiger partial charge < -0.3 is 14.4 Å². The summed E-state index contributed by atoms with van der Waals surface area (Å²) in [6, 6.07) is 23.6. The highest BCUT2D eigenvalue weighted by Crippen LogP contribution is 2.54. The van der Waals surface area contributed by atoms with Crippen LogP contribution < -0.4 is 0 Å². The first-order chi connectivity index (χ1) is 22.9. The summed E-state index contributed by atoms with van der Waals surface area (Å²) in [5.74, 6) is -2.40. The Balaban J connectivity index is 1.63. The zero-order valence-corrected chi connectivity index (χ0v) is 28.4. The molecule has 0 aliphatic carbocycles. The molecule has 3 aromatic carbocycles. The van der Waals surface area contributed by atoms with Gasteiger partial charge in [0.05, 0.1) is 23.1 Å². The molecule has 6 rings (SSSR count). The molecular weight excluding hydrogens is 628 g/mol. The van der Waals surface area contributed by atoms with Crippen molar-refractivity contribution < 1.29 is 32.3 Å². The van der Waals surface area contributed by atoms with Crippen LogP contribution in [0.1, 0.15) is 61.8 Å². The summed E-state index contributed by atoms with van der Waals surface area (Å²) >= 11 is 0. The first-order valence-corrected chi connectivity index (χ1v) is 17.6. The minimum atomic E-state index is -4.27. The molecule has 250 valence electrons. The highest BCUT2D eigenvalue weighted by Gasteiger charge is 2.65. The van der Waals surface area contributed by atoms with Gasteiger partial charge in [0.2, 0.25) is 5.91 Å². The molecule has 3 heterocycles. The number of fused-ring (bicyclic) bond motifs is 2. The van der Waals surface area contributed by atoms with E-state index < -0.39 is 51.1 Å². The van der Waals surface area contributed by atoms with Gasteiger partial charge in [0.25, 0.3) is 10.0 Å². The molecule has 5 atom stereocenters. The fourth-order valence-electron chi connectivity index (χ4n) is 7.49. The SMILES string of the molecule is C=C[C@H]1[C@@H](CC)[C@@H]2OC[C@@H](c3ccccc3)N2C(=O)[C@@]1(Cc1c(C=O)n(S(=O)(=O)c2ccccc2)c2ccccc12)C(=O)OC(C)(C)C. The maximum Gasteiger partial charge on any atom is 0.323 e. The molecule has 2 aliphatic rings. The van der Waals surface area contributed by atoms with Crippen molar-refractivity contribution in [2.24, 2.45) is 17.3 Å². The predicted octanol–water partition coefficient (Wildman–Crippen LogP) is 6.33. The van der Waals surface area contributed by atoms with Crippen LogP contribution in [-0.4, -0.2) is 53.9 Å². The molecule has 2 saturated heterocycles. The van der Waals surface area contributed by atoms with Crippen molar-refractivity contribution in [2.75, 3.05) is 6.61 Å². The van der Waals surface area contributed by atoms with Crippen LogP contribution in [0, 0.1) is 17.3 Å². The van der Waals surface area contributed by atoms with Gasteiger partial charge >= 0.3 is 5.97 Å². The number of aromatic nitrogens is 1. The smallest absolute Gasteiger partial charge is 0.323 e. The van der Waals surface area contributed by atoms with Gasteiger partial charge in [0, 0.05) is 23.6 Å². The van der Waals surface area contributed by atoms with Crippen LogP contribution in [0.25, 0.3) is 10.9 Å². The van der Waals surface area contributed by atoms with Crippen LogP contribution in [0.4, 0.5) is 0 Å². The number of benzene rings is 3. The lowest BCUT2D eigenvalue weighted by atomic mass is 9.61. The third-order valence-corrected chi connectivity index (χ3v) is 11.3. The van der Waals surface area contributed by atoms with Crippen LogP contribution in [0.2, 0.25) is 0 Å². The second-order valence-electron chi connectivity index (χ2n) is 13.4. The molecule has 9 nitrogen and oxygen atoms in total. The minimum absolute atomic E-state index is 0.00576. The van der Waals surface area contributed by atoms with Gasteiger partial charge in [-0.05, 0) is 56.5 Å². The molecule has 0 bridgehead atoms. The summed E-state index contributed by atoms with van der Waals surface area (Å²) < 4.78 is 41.8. The fourth-order valence-corrected chi connectivity index (χ4v) is 9.03. The van der Waals surface area contributed by atoms with Crippen LogP contribution in [0.5, 0.6) is 0 Å². The Morgan fingerprint density at radius 1 is 1.02 bits per heavy atom. The molecule has 48 heavy (non-hydrogen) atoms. The third-order valence-electron chi connectivity index (χ3n) is 9.54. The van der Waals surface area contributed by atoms with E-state index in [2.05, 4.69) is 6.58 Å². The Kier molecular flexibility index (Phi) is 8.68. The Labute approximate surface area is 281 Å². The van der Waals surface area contributed by atoms with Crippen molar-refractivity contribution in [1.29, 1.82) is 0 Å². The Hall–Kier alpha value is -4.54. The monoisotopic (exact) mass is 668 g/mol. The van der Waals surface area contributed by atoms with E-state index in [1.165, 1.54) is 12.1 Å². The van der Waals surface area contributed by atoms with Gasteiger partial charge in [-0.2, -0.15) is 0 Å². The lowest BCUT2D eigenvalue weighted by Gasteiger charge is -2.51. The fraction of sp³-hybridized carbons (Fsp3) is 0.342. The van der Waals surface area contributed by atoms with E-state index in [1.54, 1.807) is 74.2 Å². The van der Waals surface area contributed by atoms with E-state index in [0.29, 0.717) is 18.1 Å². The molecule has 1 amide bonds. The van der Waals surface area contributed by atoms with E-state index in [4.69, 9.17) is 9.47 Å². The molecule has 0 radical (unpaired) electrons. The summed E-state index contributed by atoms with van der Waals surface area (Å²) in [4.78, 5) is 44.9. The molecule has 0 N–H and O–H groups in total. The quantitative estimate of drug-likeness (QED) is 0.0887. The maximum atomic E-state index is 15.3. The van der Waals surface area contributed by atoms with Gasteiger partial charge in [0.1, 0.15) is 17.5 Å². The highest BCUT2D eigenvalue weighted by atomic mass is 32.2. The summed E-state index contributed by atoms with van der Waals surface area (Å²) in [5, 5.41) is 0.435. The number of piperidine rings is 1. The molecular formula is C38H40N2O7S. The summed E-state index contributed by atoms with van der Waals surface area (Å²) in [6.07, 6.45) is 1.72. The summed E-state index contributed by atoms with van der Waals surface area (Å²) in [6.45, 7) is 11.5. The number of hydrogen-bond acceptors (Lipinski definition) is 7. The van der Waals surface area contributed by atoms with E-state index >= 15 is 4.79 Å². The number of para-hydroxylation sites is 1. The number of rotatable bonds is 9. The lowest BCUT2D eigenvalue weighted by Crippen LogP contribution is -2.65. The van der Waals surface area contributed by atoms with Gasteiger partial charge in [-0.1, -0.05) is 79.7 Å². The number of ether oxygens (including phenoxy) is 2. The Morgan fingerprint density at radius 2 is 1.65 bits per heavy atom. The second-order valence-corrected chi connectivity index (χ2v) is 15.2. The number of allylic oxidation sites excluding steroid dienone is 1. The zero-order chi connectivity index (χ0) is 34.4. The van der Waals surface area contributed by atoms with E-state index in [1.807, 2.05) is 37.3 Å². The topological polar surface area (TPSA) is 112 Å². The van der Waals surface area contributed by atoms with Crippen molar-refractivity contribution in [2.45, 2.75) is 63.3 Å². The number of amides is 1. The van der Waals surface area contributed by atoms with Crippen molar-refractivity contribution in [1.82, 2.24) is 8.87 Å². The number of carbonyl (C=O) groups excluding carboxylic acids is 3. The molecule has 10 heteroatoms. The van der Waals surface area contributed by atoms with E-state index in [0.717, 1.165) is 9.54 Å². The van der Waals surface area contributed by atoms with Crippen molar-refractivity contribution >= 4 is 39.1 Å². The summed E-state index contributed by atoms with van der Waals surface area (Å²) in [5.41, 5.74) is -1.66. The number of esters is 1. The van der Waals surface area contributed by atoms with Gasteiger partial charge in [-0.25, -0.2) is 12.4 Å². The van der Waals surface area contributed by atoms with Gasteiger partial charge in [-0.15, -0.1) is 6.58 Å². The van der Waals surface area contributed by atoms with Crippen molar-refractivity contribution in [3.63, 3.8) is 0 Å². The maximum absolute atomic E-state index is 15.3. The van der Waals surface area contributed by atoms with Crippen molar-refractivity contribution in [3.8, 4) is 0 Å². The molecule has 2 fully saturated rings. The number of aldehydes is 1. The van der Waals surface area contributed by atoms with Crippen LogP contribution in [0.15, 0.2) is 102 Å².